The molecule has 0 aromatic rings. The minimum Gasteiger partial charge on any atom is -0.311 e. The summed E-state index contributed by atoms with van der Waals surface area (Å²) in [6, 6.07) is 1.39. The fraction of sp³-hybridized carbons (Fsp3) is 0.857. The highest BCUT2D eigenvalue weighted by Gasteiger charge is 2.37. The lowest BCUT2D eigenvalue weighted by molar-refractivity contribution is 0.0976. The van der Waals surface area contributed by atoms with Gasteiger partial charge in [-0.05, 0) is 24.7 Å². The Hall–Kier alpha value is -0.0500. The third-order valence-corrected chi connectivity index (χ3v) is 4.59. The molecule has 0 aromatic carbocycles. The highest BCUT2D eigenvalue weighted by Crippen LogP contribution is 2.35. The lowest BCUT2D eigenvalue weighted by Gasteiger charge is -2.43. The van der Waals surface area contributed by atoms with Gasteiger partial charge >= 0.3 is 0 Å². The van der Waals surface area contributed by atoms with E-state index in [9.17, 15) is 0 Å². The fourth-order valence-electron chi connectivity index (χ4n) is 2.89. The van der Waals surface area contributed by atoms with Gasteiger partial charge in [-0.25, -0.2) is 0 Å². The molecule has 2 aliphatic rings. The normalized spacial score (nSPS) is 33.1. The van der Waals surface area contributed by atoms with Crippen LogP contribution in [0.5, 0.6) is 0 Å². The maximum Gasteiger partial charge on any atom is 0.0250 e. The minimum atomic E-state index is 0.669. The van der Waals surface area contributed by atoms with E-state index in [1.54, 1.807) is 5.54 Å². The van der Waals surface area contributed by atoms with Crippen molar-refractivity contribution in [3.8, 4) is 0 Å². The van der Waals surface area contributed by atoms with Crippen molar-refractivity contribution in [1.29, 1.82) is 0 Å². The first-order valence-corrected chi connectivity index (χ1v) is 7.42. The predicted molar refractivity (Wildman–Crippen MR) is 74.3 cm³/mol. The van der Waals surface area contributed by atoms with Crippen LogP contribution < -0.4 is 5.32 Å². The van der Waals surface area contributed by atoms with E-state index in [4.69, 9.17) is 11.6 Å². The van der Waals surface area contributed by atoms with Gasteiger partial charge in [0.2, 0.25) is 0 Å². The van der Waals surface area contributed by atoms with Gasteiger partial charge in [-0.15, -0.1) is 0 Å². The highest BCUT2D eigenvalue weighted by atomic mass is 35.5. The van der Waals surface area contributed by atoms with Gasteiger partial charge in [0.25, 0.3) is 0 Å². The smallest absolute Gasteiger partial charge is 0.0250 e. The standard InChI is InChI=1S/C14H25ClN2/c1-3-11(2)14-9-16-13(12-5-6-12)10-17(14)8-4-7-15/h4,7,11-14,16H,3,5-6,8-10H2,1-2H3/b7-4+. The van der Waals surface area contributed by atoms with Crippen LogP contribution in [0.15, 0.2) is 11.6 Å². The van der Waals surface area contributed by atoms with Gasteiger partial charge in [0, 0.05) is 37.3 Å². The van der Waals surface area contributed by atoms with Gasteiger partial charge in [0.15, 0.2) is 0 Å². The van der Waals surface area contributed by atoms with Crippen LogP contribution in [0, 0.1) is 11.8 Å². The van der Waals surface area contributed by atoms with Crippen molar-refractivity contribution in [2.45, 2.75) is 45.2 Å². The van der Waals surface area contributed by atoms with Gasteiger partial charge in [0.05, 0.1) is 0 Å². The van der Waals surface area contributed by atoms with Crippen LogP contribution in [-0.2, 0) is 0 Å². The molecule has 3 heteroatoms. The molecular weight excluding hydrogens is 232 g/mol. The van der Waals surface area contributed by atoms with E-state index in [2.05, 4.69) is 30.1 Å². The van der Waals surface area contributed by atoms with E-state index in [0.717, 1.165) is 31.0 Å². The molecule has 3 atom stereocenters. The van der Waals surface area contributed by atoms with Crippen LogP contribution in [0.4, 0.5) is 0 Å². The summed E-state index contributed by atoms with van der Waals surface area (Å²) < 4.78 is 0. The first kappa shape index (κ1) is 13.4. The first-order valence-electron chi connectivity index (χ1n) is 6.99. The predicted octanol–water partition coefficient (Wildman–Crippen LogP) is 2.84. The molecule has 2 rings (SSSR count). The van der Waals surface area contributed by atoms with Crippen LogP contribution >= 0.6 is 11.6 Å². The largest absolute Gasteiger partial charge is 0.311 e. The fourth-order valence-corrected chi connectivity index (χ4v) is 2.97. The van der Waals surface area contributed by atoms with Crippen molar-refractivity contribution in [3.63, 3.8) is 0 Å². The van der Waals surface area contributed by atoms with E-state index in [1.165, 1.54) is 25.8 Å². The molecule has 1 aliphatic heterocycles. The second kappa shape index (κ2) is 6.21. The molecule has 1 N–H and O–H groups in total. The van der Waals surface area contributed by atoms with Gasteiger partial charge < -0.3 is 5.32 Å². The third-order valence-electron chi connectivity index (χ3n) is 4.41. The van der Waals surface area contributed by atoms with E-state index in [1.807, 2.05) is 0 Å². The summed E-state index contributed by atoms with van der Waals surface area (Å²) >= 11 is 5.67. The molecule has 0 amide bonds. The molecule has 1 saturated carbocycles. The number of rotatable bonds is 5. The molecule has 98 valence electrons. The van der Waals surface area contributed by atoms with Crippen molar-refractivity contribution in [3.05, 3.63) is 11.6 Å². The van der Waals surface area contributed by atoms with Gasteiger partial charge in [-0.3, -0.25) is 4.90 Å². The average molecular weight is 257 g/mol. The molecule has 2 nitrogen and oxygen atoms in total. The number of nitrogens with one attached hydrogen (secondary N) is 1. The quantitative estimate of drug-likeness (QED) is 0.814. The monoisotopic (exact) mass is 256 g/mol. The highest BCUT2D eigenvalue weighted by molar-refractivity contribution is 6.25. The molecule has 0 spiro atoms. The van der Waals surface area contributed by atoms with Crippen LogP contribution in [0.1, 0.15) is 33.1 Å². The third kappa shape index (κ3) is 3.46. The Labute approximate surface area is 110 Å². The Bertz CT molecular complexity index is 263. The molecule has 0 bridgehead atoms. The second-order valence-corrected chi connectivity index (χ2v) is 5.87. The number of piperazine rings is 1. The lowest BCUT2D eigenvalue weighted by atomic mass is 9.93. The summed E-state index contributed by atoms with van der Waals surface area (Å²) in [6.45, 7) is 7.99. The van der Waals surface area contributed by atoms with Crippen molar-refractivity contribution in [2.75, 3.05) is 19.6 Å². The van der Waals surface area contributed by atoms with E-state index < -0.39 is 0 Å². The summed E-state index contributed by atoms with van der Waals surface area (Å²) in [4.78, 5) is 2.62. The Morgan fingerprint density at radius 2 is 2.24 bits per heavy atom. The Morgan fingerprint density at radius 1 is 1.47 bits per heavy atom. The number of halogens is 1. The summed E-state index contributed by atoms with van der Waals surface area (Å²) in [7, 11) is 0. The maximum atomic E-state index is 5.67. The zero-order valence-electron chi connectivity index (χ0n) is 11.0. The lowest BCUT2D eigenvalue weighted by Crippen LogP contribution is -2.59. The number of nitrogens with zero attached hydrogens (tertiary/aromatic N) is 1. The van der Waals surface area contributed by atoms with Gasteiger partial charge in [0.1, 0.15) is 0 Å². The van der Waals surface area contributed by atoms with E-state index >= 15 is 0 Å². The topological polar surface area (TPSA) is 15.3 Å². The zero-order chi connectivity index (χ0) is 12.3. The van der Waals surface area contributed by atoms with E-state index in [0.29, 0.717) is 6.04 Å². The first-order chi connectivity index (χ1) is 8.26. The molecule has 2 fully saturated rings. The van der Waals surface area contributed by atoms with Crippen molar-refractivity contribution >= 4 is 11.6 Å². The summed E-state index contributed by atoms with van der Waals surface area (Å²) in [5.41, 5.74) is 1.65. The maximum absolute atomic E-state index is 5.67. The number of hydrogen-bond donors (Lipinski definition) is 1. The molecule has 3 unspecified atom stereocenters. The molecule has 17 heavy (non-hydrogen) atoms. The molecular formula is C14H25ClN2. The van der Waals surface area contributed by atoms with Crippen molar-refractivity contribution in [1.82, 2.24) is 10.2 Å². The molecule has 1 heterocycles. The minimum absolute atomic E-state index is 0.669. The number of hydrogen-bond acceptors (Lipinski definition) is 2. The molecule has 1 saturated heterocycles. The summed E-state index contributed by atoms with van der Waals surface area (Å²) in [5, 5.41) is 3.75. The summed E-state index contributed by atoms with van der Waals surface area (Å²) in [5.74, 6) is 1.70. The van der Waals surface area contributed by atoms with E-state index in [-0.39, 0.29) is 0 Å². The zero-order valence-corrected chi connectivity index (χ0v) is 11.8. The molecule has 1 aliphatic carbocycles. The summed E-state index contributed by atoms with van der Waals surface area (Å²) in [6.07, 6.45) is 6.17. The Kier molecular flexibility index (Phi) is 4.89. The SMILES string of the molecule is CCC(C)C1CNC(C2CC2)CN1C/C=C/Cl. The molecule has 0 radical (unpaired) electrons. The van der Waals surface area contributed by atoms with Gasteiger partial charge in [-0.2, -0.15) is 0 Å². The van der Waals surface area contributed by atoms with Crippen LogP contribution in [-0.4, -0.2) is 36.6 Å². The Balaban J connectivity index is 1.95. The Morgan fingerprint density at radius 3 is 2.82 bits per heavy atom. The second-order valence-electron chi connectivity index (χ2n) is 5.62. The van der Waals surface area contributed by atoms with Gasteiger partial charge in [-0.1, -0.05) is 37.9 Å². The van der Waals surface area contributed by atoms with Crippen LogP contribution in [0.3, 0.4) is 0 Å². The van der Waals surface area contributed by atoms with Crippen LogP contribution in [0.2, 0.25) is 0 Å². The van der Waals surface area contributed by atoms with Crippen molar-refractivity contribution in [2.24, 2.45) is 11.8 Å². The van der Waals surface area contributed by atoms with Crippen molar-refractivity contribution < 1.29 is 0 Å². The average Bonchev–Trinajstić information content (AvgIpc) is 3.19. The van der Waals surface area contributed by atoms with Crippen LogP contribution in [0.25, 0.3) is 0 Å². The molecule has 0 aromatic heterocycles.